The summed E-state index contributed by atoms with van der Waals surface area (Å²) in [4.78, 5) is 7.90. The first kappa shape index (κ1) is 14.7. The molecular formula is C15H22N2O. The van der Waals surface area contributed by atoms with Gasteiger partial charge in [-0.15, -0.1) is 0 Å². The Hall–Kier alpha value is -1.40. The highest BCUT2D eigenvalue weighted by molar-refractivity contribution is 5.28. The summed E-state index contributed by atoms with van der Waals surface area (Å²) in [7, 11) is 0. The van der Waals surface area contributed by atoms with Crippen LogP contribution in [0.3, 0.4) is 0 Å². The molecule has 0 radical (unpaired) electrons. The van der Waals surface area contributed by atoms with Gasteiger partial charge in [-0.3, -0.25) is 0 Å². The summed E-state index contributed by atoms with van der Waals surface area (Å²) in [6, 6.07) is 0. The monoisotopic (exact) mass is 246 g/mol. The van der Waals surface area contributed by atoms with Crippen LogP contribution < -0.4 is 0 Å². The van der Waals surface area contributed by atoms with Crippen LogP contribution in [0.25, 0.3) is 0 Å². The molecule has 0 bridgehead atoms. The Morgan fingerprint density at radius 3 is 2.33 bits per heavy atom. The van der Waals surface area contributed by atoms with Crippen molar-refractivity contribution in [1.82, 2.24) is 9.97 Å². The van der Waals surface area contributed by atoms with Crippen molar-refractivity contribution in [2.24, 2.45) is 11.8 Å². The smallest absolute Gasteiger partial charge is 0.156 e. The zero-order valence-corrected chi connectivity index (χ0v) is 11.6. The van der Waals surface area contributed by atoms with Crippen molar-refractivity contribution in [3.8, 4) is 11.8 Å². The van der Waals surface area contributed by atoms with E-state index in [-0.39, 0.29) is 5.92 Å². The van der Waals surface area contributed by atoms with Gasteiger partial charge < -0.3 is 5.11 Å². The number of nitrogens with zero attached hydrogens (tertiary/aromatic N) is 2. The molecule has 1 N–H and O–H groups in total. The number of hydrogen-bond donors (Lipinski definition) is 1. The molecule has 18 heavy (non-hydrogen) atoms. The maximum atomic E-state index is 10.7. The molecule has 0 saturated heterocycles. The number of rotatable bonds is 4. The predicted octanol–water partition coefficient (Wildman–Crippen LogP) is 2.76. The van der Waals surface area contributed by atoms with E-state index in [2.05, 4.69) is 35.7 Å². The molecule has 0 amide bonds. The van der Waals surface area contributed by atoms with E-state index in [9.17, 15) is 5.11 Å². The molecule has 1 aromatic heterocycles. The van der Waals surface area contributed by atoms with Crippen LogP contribution in [0, 0.1) is 23.7 Å². The van der Waals surface area contributed by atoms with Gasteiger partial charge in [0.25, 0.3) is 0 Å². The van der Waals surface area contributed by atoms with E-state index in [1.165, 1.54) is 6.33 Å². The predicted molar refractivity (Wildman–Crippen MR) is 72.6 cm³/mol. The van der Waals surface area contributed by atoms with Gasteiger partial charge in [0.15, 0.2) is 5.60 Å². The fourth-order valence-corrected chi connectivity index (χ4v) is 1.60. The van der Waals surface area contributed by atoms with Gasteiger partial charge in [0.2, 0.25) is 0 Å². The number of aromatic nitrogens is 2. The Kier molecular flexibility index (Phi) is 5.30. The Balaban J connectivity index is 2.88. The quantitative estimate of drug-likeness (QED) is 0.831. The van der Waals surface area contributed by atoms with Crippen LogP contribution in [0.1, 0.15) is 46.1 Å². The maximum absolute atomic E-state index is 10.7. The van der Waals surface area contributed by atoms with E-state index in [4.69, 9.17) is 0 Å². The van der Waals surface area contributed by atoms with Gasteiger partial charge in [-0.05, 0) is 18.3 Å². The third-order valence-corrected chi connectivity index (χ3v) is 2.96. The molecule has 1 aromatic rings. The molecular weight excluding hydrogens is 224 g/mol. The van der Waals surface area contributed by atoms with E-state index in [0.717, 1.165) is 12.8 Å². The molecule has 0 aliphatic heterocycles. The van der Waals surface area contributed by atoms with Crippen molar-refractivity contribution < 1.29 is 5.11 Å². The minimum absolute atomic E-state index is 0.00458. The summed E-state index contributed by atoms with van der Waals surface area (Å²) < 4.78 is 0. The fourth-order valence-electron chi connectivity index (χ4n) is 1.60. The first-order valence-corrected chi connectivity index (χ1v) is 6.44. The molecule has 0 spiro atoms. The lowest BCUT2D eigenvalue weighted by atomic mass is 9.85. The molecule has 0 fully saturated rings. The van der Waals surface area contributed by atoms with Crippen LogP contribution in [0.4, 0.5) is 0 Å². The molecule has 98 valence electrons. The van der Waals surface area contributed by atoms with Crippen molar-refractivity contribution >= 4 is 0 Å². The summed E-state index contributed by atoms with van der Waals surface area (Å²) in [6.07, 6.45) is 6.57. The van der Waals surface area contributed by atoms with Crippen LogP contribution in [0.15, 0.2) is 18.7 Å². The van der Waals surface area contributed by atoms with E-state index in [1.807, 2.05) is 13.8 Å². The van der Waals surface area contributed by atoms with Crippen LogP contribution in [-0.4, -0.2) is 15.1 Å². The van der Waals surface area contributed by atoms with Crippen LogP contribution in [0.5, 0.6) is 0 Å². The van der Waals surface area contributed by atoms with Gasteiger partial charge in [0, 0.05) is 24.4 Å². The van der Waals surface area contributed by atoms with Crippen molar-refractivity contribution in [1.29, 1.82) is 0 Å². The van der Waals surface area contributed by atoms with Crippen LogP contribution >= 0.6 is 0 Å². The van der Waals surface area contributed by atoms with Crippen molar-refractivity contribution in [3.05, 3.63) is 24.3 Å². The van der Waals surface area contributed by atoms with Gasteiger partial charge in [-0.25, -0.2) is 9.97 Å². The summed E-state index contributed by atoms with van der Waals surface area (Å²) >= 11 is 0. The zero-order valence-electron chi connectivity index (χ0n) is 11.6. The minimum atomic E-state index is -1.15. The molecule has 3 heteroatoms. The maximum Gasteiger partial charge on any atom is 0.156 e. The SMILES string of the molecule is CC(C)CCC#CC(O)(c1cncnc1)C(C)C. The zero-order chi connectivity index (χ0) is 13.6. The molecule has 0 aliphatic rings. The summed E-state index contributed by atoms with van der Waals surface area (Å²) in [5, 5.41) is 10.7. The highest BCUT2D eigenvalue weighted by Crippen LogP contribution is 2.27. The first-order valence-electron chi connectivity index (χ1n) is 6.44. The second-order valence-corrected chi connectivity index (χ2v) is 5.28. The van der Waals surface area contributed by atoms with Crippen molar-refractivity contribution in [2.75, 3.05) is 0 Å². The molecule has 0 saturated carbocycles. The number of aliphatic hydroxyl groups is 1. The van der Waals surface area contributed by atoms with Gasteiger partial charge in [0.05, 0.1) is 0 Å². The third kappa shape index (κ3) is 3.82. The highest BCUT2D eigenvalue weighted by Gasteiger charge is 2.31. The standard InChI is InChI=1S/C15H22N2O/c1-12(2)7-5-6-8-15(18,13(3)4)14-9-16-11-17-10-14/h9-13,18H,5,7H2,1-4H3. The van der Waals surface area contributed by atoms with Gasteiger partial charge >= 0.3 is 0 Å². The van der Waals surface area contributed by atoms with Gasteiger partial charge in [0.1, 0.15) is 6.33 Å². The van der Waals surface area contributed by atoms with E-state index >= 15 is 0 Å². The average molecular weight is 246 g/mol. The van der Waals surface area contributed by atoms with Crippen LogP contribution in [0.2, 0.25) is 0 Å². The molecule has 0 aliphatic carbocycles. The Morgan fingerprint density at radius 1 is 1.22 bits per heavy atom. The van der Waals surface area contributed by atoms with Gasteiger partial charge in [-0.1, -0.05) is 39.5 Å². The summed E-state index contributed by atoms with van der Waals surface area (Å²) in [6.45, 7) is 8.23. The van der Waals surface area contributed by atoms with E-state index in [1.54, 1.807) is 12.4 Å². The molecule has 1 rings (SSSR count). The lowest BCUT2D eigenvalue weighted by Crippen LogP contribution is -2.30. The molecule has 3 nitrogen and oxygen atoms in total. The second-order valence-electron chi connectivity index (χ2n) is 5.28. The normalized spacial score (nSPS) is 14.2. The summed E-state index contributed by atoms with van der Waals surface area (Å²) in [5.74, 6) is 6.70. The van der Waals surface area contributed by atoms with Gasteiger partial charge in [-0.2, -0.15) is 0 Å². The Bertz CT molecular complexity index is 417. The molecule has 1 atom stereocenters. The van der Waals surface area contributed by atoms with Crippen LogP contribution in [-0.2, 0) is 5.60 Å². The minimum Gasteiger partial charge on any atom is -0.373 e. The van der Waals surface area contributed by atoms with Crippen molar-refractivity contribution in [3.63, 3.8) is 0 Å². The largest absolute Gasteiger partial charge is 0.373 e. The Morgan fingerprint density at radius 2 is 1.83 bits per heavy atom. The van der Waals surface area contributed by atoms with Crippen molar-refractivity contribution in [2.45, 2.75) is 46.1 Å². The molecule has 1 unspecified atom stereocenters. The average Bonchev–Trinajstić information content (AvgIpc) is 2.35. The topological polar surface area (TPSA) is 46.0 Å². The second kappa shape index (κ2) is 6.51. The van der Waals surface area contributed by atoms with E-state index in [0.29, 0.717) is 11.5 Å². The molecule has 1 heterocycles. The molecule has 0 aromatic carbocycles. The highest BCUT2D eigenvalue weighted by atomic mass is 16.3. The lowest BCUT2D eigenvalue weighted by molar-refractivity contribution is 0.0495. The summed E-state index contributed by atoms with van der Waals surface area (Å²) in [5.41, 5.74) is -0.491. The fraction of sp³-hybridized carbons (Fsp3) is 0.600. The third-order valence-electron chi connectivity index (χ3n) is 2.96. The van der Waals surface area contributed by atoms with E-state index < -0.39 is 5.60 Å². The first-order chi connectivity index (χ1) is 8.47. The number of hydrogen-bond acceptors (Lipinski definition) is 3. The lowest BCUT2D eigenvalue weighted by Gasteiger charge is -2.26. The Labute approximate surface area is 110 Å².